The zero-order valence-electron chi connectivity index (χ0n) is 17.3. The normalized spacial score (nSPS) is 16.4. The number of benzene rings is 2. The van der Waals surface area contributed by atoms with E-state index in [-0.39, 0.29) is 5.91 Å². The standard InChI is InChI=1S/C23H24N2O4S/c1-4-25-21(26)20(14-16-9-7-12-19(13-16)28-5-2)30-23(25)24-18-11-8-10-17(15-18)22(27)29-6-3/h7-15H,4-6H2,1-3H3. The predicted octanol–water partition coefficient (Wildman–Crippen LogP) is 4.89. The van der Waals surface area contributed by atoms with Crippen molar-refractivity contribution in [3.05, 3.63) is 64.6 Å². The summed E-state index contributed by atoms with van der Waals surface area (Å²) in [7, 11) is 0. The lowest BCUT2D eigenvalue weighted by Gasteiger charge is -2.12. The lowest BCUT2D eigenvalue weighted by Crippen LogP contribution is -2.28. The molecule has 0 radical (unpaired) electrons. The van der Waals surface area contributed by atoms with E-state index in [1.165, 1.54) is 11.8 Å². The molecule has 1 fully saturated rings. The number of ether oxygens (including phenoxy) is 2. The number of esters is 1. The van der Waals surface area contributed by atoms with E-state index in [9.17, 15) is 9.59 Å². The number of likely N-dealkylation sites (N-methyl/N-ethyl adjacent to an activating group) is 1. The first-order valence-corrected chi connectivity index (χ1v) is 10.7. The first-order chi connectivity index (χ1) is 14.5. The summed E-state index contributed by atoms with van der Waals surface area (Å²) in [5.74, 6) is 0.278. The number of carbonyl (C=O) groups is 2. The maximum absolute atomic E-state index is 12.9. The number of rotatable bonds is 7. The SMILES string of the molecule is CCOC(=O)c1cccc(N=C2SC(=Cc3cccc(OCC)c3)C(=O)N2CC)c1. The second-order valence-corrected chi connectivity index (χ2v) is 7.34. The van der Waals surface area contributed by atoms with Gasteiger partial charge in [-0.3, -0.25) is 9.69 Å². The van der Waals surface area contributed by atoms with Crippen molar-refractivity contribution in [2.24, 2.45) is 4.99 Å². The van der Waals surface area contributed by atoms with Gasteiger partial charge in [0.1, 0.15) is 5.75 Å². The van der Waals surface area contributed by atoms with Gasteiger partial charge in [0.2, 0.25) is 0 Å². The molecule has 0 N–H and O–H groups in total. The average molecular weight is 425 g/mol. The molecule has 0 bridgehead atoms. The molecular weight excluding hydrogens is 400 g/mol. The molecule has 7 heteroatoms. The van der Waals surface area contributed by atoms with E-state index in [4.69, 9.17) is 9.47 Å². The molecule has 6 nitrogen and oxygen atoms in total. The highest BCUT2D eigenvalue weighted by Crippen LogP contribution is 2.34. The van der Waals surface area contributed by atoms with Crippen molar-refractivity contribution in [3.8, 4) is 5.75 Å². The van der Waals surface area contributed by atoms with Gasteiger partial charge in [-0.05, 0) is 74.5 Å². The number of thioether (sulfide) groups is 1. The molecule has 0 spiro atoms. The third kappa shape index (κ3) is 5.10. The fourth-order valence-corrected chi connectivity index (χ4v) is 3.97. The maximum atomic E-state index is 12.9. The number of amidine groups is 1. The Labute approximate surface area is 180 Å². The van der Waals surface area contributed by atoms with Gasteiger partial charge < -0.3 is 9.47 Å². The number of hydrogen-bond donors (Lipinski definition) is 0. The van der Waals surface area contributed by atoms with Crippen molar-refractivity contribution in [1.82, 2.24) is 4.90 Å². The average Bonchev–Trinajstić information content (AvgIpc) is 3.03. The molecule has 1 heterocycles. The fourth-order valence-electron chi connectivity index (χ4n) is 2.91. The second kappa shape index (κ2) is 10.1. The lowest BCUT2D eigenvalue weighted by atomic mass is 10.2. The molecule has 3 rings (SSSR count). The van der Waals surface area contributed by atoms with Crippen LogP contribution in [0.2, 0.25) is 0 Å². The summed E-state index contributed by atoms with van der Waals surface area (Å²) in [6, 6.07) is 14.5. The molecule has 0 saturated carbocycles. The molecule has 0 aromatic heterocycles. The van der Waals surface area contributed by atoms with Crippen LogP contribution in [-0.4, -0.2) is 41.7 Å². The van der Waals surface area contributed by atoms with E-state index in [1.54, 1.807) is 36.1 Å². The number of amides is 1. The first-order valence-electron chi connectivity index (χ1n) is 9.85. The Balaban J connectivity index is 1.88. The quantitative estimate of drug-likeness (QED) is 0.468. The van der Waals surface area contributed by atoms with E-state index in [1.807, 2.05) is 44.2 Å². The summed E-state index contributed by atoms with van der Waals surface area (Å²) in [6.07, 6.45) is 1.84. The maximum Gasteiger partial charge on any atom is 0.338 e. The van der Waals surface area contributed by atoms with Crippen LogP contribution < -0.4 is 4.74 Å². The van der Waals surface area contributed by atoms with E-state index in [0.29, 0.717) is 41.1 Å². The van der Waals surface area contributed by atoms with Crippen LogP contribution >= 0.6 is 11.8 Å². The highest BCUT2D eigenvalue weighted by molar-refractivity contribution is 8.18. The number of carbonyl (C=O) groups excluding carboxylic acids is 2. The number of aliphatic imine (C=N–C) groups is 1. The van der Waals surface area contributed by atoms with Gasteiger partial charge in [0, 0.05) is 6.54 Å². The number of nitrogens with zero attached hydrogens (tertiary/aromatic N) is 2. The van der Waals surface area contributed by atoms with Crippen molar-refractivity contribution in [2.75, 3.05) is 19.8 Å². The Hall–Kier alpha value is -3.06. The third-order valence-corrected chi connectivity index (χ3v) is 5.26. The molecule has 1 saturated heterocycles. The topological polar surface area (TPSA) is 68.2 Å². The summed E-state index contributed by atoms with van der Waals surface area (Å²) in [4.78, 5) is 31.7. The Morgan fingerprint density at radius 3 is 2.63 bits per heavy atom. The summed E-state index contributed by atoms with van der Waals surface area (Å²) in [5.41, 5.74) is 1.91. The number of hydrogen-bond acceptors (Lipinski definition) is 6. The Bertz CT molecular complexity index is 1000. The van der Waals surface area contributed by atoms with E-state index in [0.717, 1.165) is 11.3 Å². The molecule has 156 valence electrons. The van der Waals surface area contributed by atoms with Gasteiger partial charge in [-0.15, -0.1) is 0 Å². The summed E-state index contributed by atoms with van der Waals surface area (Å²) < 4.78 is 10.6. The van der Waals surface area contributed by atoms with Crippen LogP contribution in [-0.2, 0) is 9.53 Å². The molecule has 1 aliphatic rings. The Morgan fingerprint density at radius 1 is 1.10 bits per heavy atom. The molecule has 2 aromatic rings. The molecular formula is C23H24N2O4S. The van der Waals surface area contributed by atoms with E-state index >= 15 is 0 Å². The predicted molar refractivity (Wildman–Crippen MR) is 120 cm³/mol. The van der Waals surface area contributed by atoms with Gasteiger partial charge in [-0.2, -0.15) is 0 Å². The van der Waals surface area contributed by atoms with Gasteiger partial charge in [-0.25, -0.2) is 9.79 Å². The minimum absolute atomic E-state index is 0.0930. The molecule has 2 aromatic carbocycles. The van der Waals surface area contributed by atoms with Gasteiger partial charge in [0.15, 0.2) is 5.17 Å². The molecule has 0 aliphatic carbocycles. The summed E-state index contributed by atoms with van der Waals surface area (Å²) in [6.45, 7) is 6.99. The van der Waals surface area contributed by atoms with Crippen LogP contribution in [0, 0.1) is 0 Å². The van der Waals surface area contributed by atoms with Crippen LogP contribution in [0.25, 0.3) is 6.08 Å². The van der Waals surface area contributed by atoms with E-state index in [2.05, 4.69) is 4.99 Å². The van der Waals surface area contributed by atoms with Crippen LogP contribution in [0.3, 0.4) is 0 Å². The Morgan fingerprint density at radius 2 is 1.90 bits per heavy atom. The monoisotopic (exact) mass is 424 g/mol. The highest BCUT2D eigenvalue weighted by Gasteiger charge is 2.32. The summed E-state index contributed by atoms with van der Waals surface area (Å²) in [5, 5.41) is 0.579. The van der Waals surface area contributed by atoms with Gasteiger partial charge >= 0.3 is 5.97 Å². The zero-order chi connectivity index (χ0) is 21.5. The van der Waals surface area contributed by atoms with Crippen molar-refractivity contribution in [1.29, 1.82) is 0 Å². The van der Waals surface area contributed by atoms with Crippen molar-refractivity contribution < 1.29 is 19.1 Å². The smallest absolute Gasteiger partial charge is 0.338 e. The fraction of sp³-hybridized carbons (Fsp3) is 0.261. The Kier molecular flexibility index (Phi) is 7.30. The lowest BCUT2D eigenvalue weighted by molar-refractivity contribution is -0.122. The van der Waals surface area contributed by atoms with Crippen molar-refractivity contribution >= 4 is 40.6 Å². The first kappa shape index (κ1) is 21.6. The molecule has 1 aliphatic heterocycles. The van der Waals surface area contributed by atoms with Crippen LogP contribution in [0.4, 0.5) is 5.69 Å². The zero-order valence-corrected chi connectivity index (χ0v) is 18.1. The van der Waals surface area contributed by atoms with Gasteiger partial charge in [-0.1, -0.05) is 18.2 Å². The van der Waals surface area contributed by atoms with Gasteiger partial charge in [0.25, 0.3) is 5.91 Å². The van der Waals surface area contributed by atoms with E-state index < -0.39 is 5.97 Å². The van der Waals surface area contributed by atoms with Crippen molar-refractivity contribution in [3.63, 3.8) is 0 Å². The molecule has 0 atom stereocenters. The molecule has 1 amide bonds. The van der Waals surface area contributed by atoms with Crippen LogP contribution in [0.15, 0.2) is 58.4 Å². The minimum Gasteiger partial charge on any atom is -0.494 e. The summed E-state index contributed by atoms with van der Waals surface area (Å²) >= 11 is 1.32. The highest BCUT2D eigenvalue weighted by atomic mass is 32.2. The van der Waals surface area contributed by atoms with Crippen molar-refractivity contribution in [2.45, 2.75) is 20.8 Å². The molecule has 0 unspecified atom stereocenters. The van der Waals surface area contributed by atoms with Crippen LogP contribution in [0.5, 0.6) is 5.75 Å². The largest absolute Gasteiger partial charge is 0.494 e. The van der Waals surface area contributed by atoms with Gasteiger partial charge in [0.05, 0.1) is 29.4 Å². The minimum atomic E-state index is -0.392. The third-order valence-electron chi connectivity index (χ3n) is 4.25. The second-order valence-electron chi connectivity index (χ2n) is 6.33. The van der Waals surface area contributed by atoms with Crippen LogP contribution in [0.1, 0.15) is 36.7 Å². The molecule has 30 heavy (non-hydrogen) atoms.